The molecule has 41 heavy (non-hydrogen) atoms. The lowest BCUT2D eigenvalue weighted by Gasteiger charge is -2.11. The smallest absolute Gasteiger partial charge is 0.349 e. The topological polar surface area (TPSA) is 164 Å². The number of ether oxygens (including phenoxy) is 1. The van der Waals surface area contributed by atoms with Crippen LogP contribution in [-0.4, -0.2) is 43.4 Å². The van der Waals surface area contributed by atoms with Gasteiger partial charge in [0, 0.05) is 37.9 Å². The Morgan fingerprint density at radius 3 is 1.98 bits per heavy atom. The molecular formula is C26H27BrN8O6. The summed E-state index contributed by atoms with van der Waals surface area (Å²) >= 11 is 3.12. The van der Waals surface area contributed by atoms with E-state index in [-0.39, 0.29) is 17.9 Å². The Morgan fingerprint density at radius 2 is 1.37 bits per heavy atom. The van der Waals surface area contributed by atoms with Gasteiger partial charge >= 0.3 is 16.9 Å². The fourth-order valence-electron chi connectivity index (χ4n) is 3.65. The molecule has 0 amide bonds. The van der Waals surface area contributed by atoms with Gasteiger partial charge in [0.1, 0.15) is 6.73 Å². The van der Waals surface area contributed by atoms with E-state index in [1.54, 1.807) is 0 Å². The molecule has 214 valence electrons. The van der Waals surface area contributed by atoms with Crippen LogP contribution in [0.25, 0.3) is 0 Å². The molecule has 0 aliphatic heterocycles. The number of hydrogen-bond donors (Lipinski definition) is 2. The highest BCUT2D eigenvalue weighted by molar-refractivity contribution is 9.10. The van der Waals surface area contributed by atoms with Crippen molar-refractivity contribution in [2.45, 2.75) is 39.5 Å². The highest BCUT2D eigenvalue weighted by Crippen LogP contribution is 2.01. The zero-order valence-corrected chi connectivity index (χ0v) is 23.3. The fourth-order valence-corrected chi connectivity index (χ4v) is 4.06. The predicted octanol–water partition coefficient (Wildman–Crippen LogP) is 0.982. The van der Waals surface area contributed by atoms with Crippen LogP contribution in [0.5, 0.6) is 5.88 Å². The van der Waals surface area contributed by atoms with Crippen LogP contribution in [-0.2, 0) is 44.3 Å². The van der Waals surface area contributed by atoms with E-state index in [2.05, 4.69) is 26.1 Å². The second-order valence-electron chi connectivity index (χ2n) is 8.64. The molecule has 0 bridgehead atoms. The summed E-state index contributed by atoms with van der Waals surface area (Å²) in [5.74, 6) is -0.702. The molecule has 5 aromatic rings. The van der Waals surface area contributed by atoms with Crippen molar-refractivity contribution in [2.24, 2.45) is 0 Å². The number of H-pyrrole nitrogens is 1. The van der Waals surface area contributed by atoms with Crippen molar-refractivity contribution >= 4 is 15.9 Å². The lowest BCUT2D eigenvalue weighted by atomic mass is 10.2. The van der Waals surface area contributed by atoms with Crippen molar-refractivity contribution in [1.82, 2.24) is 38.2 Å². The van der Waals surface area contributed by atoms with Gasteiger partial charge in [-0.3, -0.25) is 14.6 Å². The normalized spacial score (nSPS) is 10.8. The number of aromatic amines is 1. The largest absolute Gasteiger partial charge is 0.488 e. The lowest BCUT2D eigenvalue weighted by Crippen LogP contribution is -2.42. The fraction of sp³-hybridized carbons (Fsp3) is 0.231. The van der Waals surface area contributed by atoms with Crippen LogP contribution in [0, 0.1) is 0 Å². The van der Waals surface area contributed by atoms with Gasteiger partial charge in [0.25, 0.3) is 11.4 Å². The number of rotatable bonds is 10. The Labute approximate surface area is 240 Å². The first-order chi connectivity index (χ1) is 19.8. The summed E-state index contributed by atoms with van der Waals surface area (Å²) in [4.78, 5) is 48.8. The van der Waals surface area contributed by atoms with Gasteiger partial charge in [-0.15, -0.1) is 5.10 Å². The Kier molecular flexibility index (Phi) is 10.0. The van der Waals surface area contributed by atoms with Gasteiger partial charge in [0.2, 0.25) is 0 Å². The van der Waals surface area contributed by atoms with Crippen LogP contribution in [0.15, 0.2) is 103 Å². The highest BCUT2D eigenvalue weighted by Gasteiger charge is 2.11. The van der Waals surface area contributed by atoms with E-state index in [4.69, 9.17) is 9.84 Å². The number of aromatic nitrogens is 8. The Bertz CT molecular complexity index is 1770. The zero-order valence-electron chi connectivity index (χ0n) is 21.7. The summed E-state index contributed by atoms with van der Waals surface area (Å²) in [6, 6.07) is 17.1. The SMILES string of the molecule is O=c1[nH]c(=O)n(CCn2cccc2)nc1O.O=c1c(Br)nn(CCn2cccc2)c(=O)n1COCc1ccccc1. The highest BCUT2D eigenvalue weighted by atomic mass is 79.9. The predicted molar refractivity (Wildman–Crippen MR) is 151 cm³/mol. The second kappa shape index (κ2) is 14.0. The summed E-state index contributed by atoms with van der Waals surface area (Å²) in [5, 5.41) is 16.6. The van der Waals surface area contributed by atoms with Gasteiger partial charge in [-0.25, -0.2) is 23.5 Å². The molecule has 2 N–H and O–H groups in total. The van der Waals surface area contributed by atoms with Gasteiger partial charge in [-0.1, -0.05) is 30.3 Å². The minimum absolute atomic E-state index is 0.0860. The second-order valence-corrected chi connectivity index (χ2v) is 9.39. The standard InChI is InChI=1S/C17H17BrN4O3.C9H10N4O3/c18-15-16(23)21(13-25-12-14-6-2-1-3-7-14)17(24)22(19-15)11-10-20-8-4-5-9-20;14-7-8(15)11-13(9(16)10-7)6-5-12-3-1-2-4-12/h1-9H,10-13H2;1-4H,5-6H2,(H,11,15)(H,10,14,16). The third-order valence-electron chi connectivity index (χ3n) is 5.76. The van der Waals surface area contributed by atoms with Gasteiger partial charge in [-0.05, 0) is 45.8 Å². The van der Waals surface area contributed by atoms with Crippen LogP contribution in [0.3, 0.4) is 0 Å². The molecule has 0 atom stereocenters. The maximum absolute atomic E-state index is 12.5. The third-order valence-corrected chi connectivity index (χ3v) is 6.26. The average molecular weight is 627 g/mol. The van der Waals surface area contributed by atoms with Crippen LogP contribution in [0.2, 0.25) is 0 Å². The van der Waals surface area contributed by atoms with E-state index in [1.807, 2.05) is 93.5 Å². The monoisotopic (exact) mass is 626 g/mol. The Morgan fingerprint density at radius 1 is 0.780 bits per heavy atom. The minimum Gasteiger partial charge on any atom is -0.488 e. The summed E-state index contributed by atoms with van der Waals surface area (Å²) in [6.07, 6.45) is 7.49. The molecule has 0 spiro atoms. The van der Waals surface area contributed by atoms with Gasteiger partial charge < -0.3 is 19.0 Å². The summed E-state index contributed by atoms with van der Waals surface area (Å²) in [6.45, 7) is 1.93. The molecule has 1 aromatic carbocycles. The molecule has 0 aliphatic carbocycles. The van der Waals surface area contributed by atoms with Crippen LogP contribution in [0.4, 0.5) is 0 Å². The van der Waals surface area contributed by atoms with Crippen molar-refractivity contribution in [3.63, 3.8) is 0 Å². The molecule has 0 aliphatic rings. The van der Waals surface area contributed by atoms with Gasteiger partial charge in [-0.2, -0.15) is 5.10 Å². The number of nitrogens with zero attached hydrogens (tertiary/aromatic N) is 7. The van der Waals surface area contributed by atoms with Crippen molar-refractivity contribution in [3.8, 4) is 5.88 Å². The van der Waals surface area contributed by atoms with E-state index in [0.717, 1.165) is 14.8 Å². The first-order valence-electron chi connectivity index (χ1n) is 12.4. The maximum Gasteiger partial charge on any atom is 0.349 e. The van der Waals surface area contributed by atoms with E-state index in [1.165, 1.54) is 4.68 Å². The summed E-state index contributed by atoms with van der Waals surface area (Å²) in [5.41, 5.74) is -1.53. The van der Waals surface area contributed by atoms with E-state index >= 15 is 0 Å². The number of benzene rings is 1. The molecule has 0 fully saturated rings. The molecule has 4 heterocycles. The molecule has 0 saturated heterocycles. The zero-order chi connectivity index (χ0) is 29.2. The number of halogens is 1. The molecule has 5 rings (SSSR count). The molecule has 0 saturated carbocycles. The molecule has 0 radical (unpaired) electrons. The minimum atomic E-state index is -0.873. The molecular weight excluding hydrogens is 600 g/mol. The molecule has 15 heteroatoms. The van der Waals surface area contributed by atoms with Crippen LogP contribution >= 0.6 is 15.9 Å². The number of aromatic hydroxyl groups is 1. The van der Waals surface area contributed by atoms with E-state index in [9.17, 15) is 19.2 Å². The maximum atomic E-state index is 12.5. The Balaban J connectivity index is 0.000000208. The average Bonchev–Trinajstić information content (AvgIpc) is 3.69. The van der Waals surface area contributed by atoms with Crippen molar-refractivity contribution in [3.05, 3.63) is 131 Å². The molecule has 14 nitrogen and oxygen atoms in total. The first-order valence-corrected chi connectivity index (χ1v) is 13.2. The lowest BCUT2D eigenvalue weighted by molar-refractivity contribution is 0.0567. The third kappa shape index (κ3) is 8.12. The number of hydrogen-bond acceptors (Lipinski definition) is 8. The van der Waals surface area contributed by atoms with Gasteiger partial charge in [0.05, 0.1) is 19.7 Å². The van der Waals surface area contributed by atoms with Gasteiger partial charge in [0.15, 0.2) is 4.60 Å². The number of aryl methyl sites for hydroxylation is 4. The van der Waals surface area contributed by atoms with E-state index < -0.39 is 28.4 Å². The van der Waals surface area contributed by atoms with Crippen molar-refractivity contribution in [1.29, 1.82) is 0 Å². The summed E-state index contributed by atoms with van der Waals surface area (Å²) < 4.78 is 12.7. The first kappa shape index (κ1) is 29.2. The Hall–Kier alpha value is -4.76. The molecule has 4 aromatic heterocycles. The summed E-state index contributed by atoms with van der Waals surface area (Å²) in [7, 11) is 0. The molecule has 0 unspecified atom stereocenters. The van der Waals surface area contributed by atoms with Crippen molar-refractivity contribution < 1.29 is 9.84 Å². The number of nitrogens with one attached hydrogen (secondary N) is 1. The van der Waals surface area contributed by atoms with E-state index in [0.29, 0.717) is 26.2 Å². The quantitative estimate of drug-likeness (QED) is 0.232. The van der Waals surface area contributed by atoms with Crippen molar-refractivity contribution in [2.75, 3.05) is 0 Å². The van der Waals surface area contributed by atoms with Crippen LogP contribution < -0.4 is 22.5 Å². The van der Waals surface area contributed by atoms with Crippen LogP contribution in [0.1, 0.15) is 5.56 Å².